The van der Waals surface area contributed by atoms with Crippen molar-refractivity contribution in [3.63, 3.8) is 0 Å². The normalized spacial score (nSPS) is 16.0. The van der Waals surface area contributed by atoms with Gasteiger partial charge in [0.2, 0.25) is 0 Å². The summed E-state index contributed by atoms with van der Waals surface area (Å²) in [5.41, 5.74) is -1.92. The maximum Gasteiger partial charge on any atom is 0.416 e. The predicted octanol–water partition coefficient (Wildman–Crippen LogP) is 5.14. The van der Waals surface area contributed by atoms with Crippen molar-refractivity contribution >= 4 is 17.8 Å². The number of carbonyl (C=O) groups is 2. The Balaban J connectivity index is 1.76. The summed E-state index contributed by atoms with van der Waals surface area (Å²) in [6, 6.07) is 12.0. The molecule has 0 N–H and O–H groups in total. The van der Waals surface area contributed by atoms with Gasteiger partial charge in [0.1, 0.15) is 12.1 Å². The summed E-state index contributed by atoms with van der Waals surface area (Å²) < 4.78 is 59.9. The molecule has 0 radical (unpaired) electrons. The first-order valence-electron chi connectivity index (χ1n) is 10.3. The molecule has 1 atom stereocenters. The summed E-state index contributed by atoms with van der Waals surface area (Å²) in [5, 5.41) is 0. The predicted molar refractivity (Wildman–Crippen MR) is 116 cm³/mol. The SMILES string of the molecule is CN(c1ccccc1)C1(OCC(C=O)CCc2c(F)cccc2C(F)(F)F)C=CC(=O)C=C1. The molecule has 174 valence electrons. The zero-order valence-corrected chi connectivity index (χ0v) is 17.9. The molecular formula is C25H23F4NO3. The second-order valence-electron chi connectivity index (χ2n) is 7.73. The van der Waals surface area contributed by atoms with Gasteiger partial charge in [-0.25, -0.2) is 4.39 Å². The summed E-state index contributed by atoms with van der Waals surface area (Å²) in [5.74, 6) is -1.97. The van der Waals surface area contributed by atoms with E-state index in [1.165, 1.54) is 12.2 Å². The molecule has 1 aliphatic rings. The van der Waals surface area contributed by atoms with Crippen molar-refractivity contribution in [1.82, 2.24) is 0 Å². The van der Waals surface area contributed by atoms with Gasteiger partial charge in [0.25, 0.3) is 0 Å². The molecule has 1 aliphatic carbocycles. The number of aldehydes is 1. The minimum atomic E-state index is -4.70. The van der Waals surface area contributed by atoms with Crippen LogP contribution in [0.1, 0.15) is 17.5 Å². The molecule has 4 nitrogen and oxygen atoms in total. The van der Waals surface area contributed by atoms with Gasteiger partial charge in [-0.15, -0.1) is 0 Å². The van der Waals surface area contributed by atoms with Crippen molar-refractivity contribution in [2.75, 3.05) is 18.6 Å². The Morgan fingerprint density at radius 2 is 1.73 bits per heavy atom. The van der Waals surface area contributed by atoms with E-state index in [-0.39, 0.29) is 25.2 Å². The van der Waals surface area contributed by atoms with Crippen LogP contribution in [0.25, 0.3) is 0 Å². The molecule has 0 fully saturated rings. The van der Waals surface area contributed by atoms with Crippen molar-refractivity contribution in [1.29, 1.82) is 0 Å². The third-order valence-corrected chi connectivity index (χ3v) is 5.55. The Morgan fingerprint density at radius 3 is 2.33 bits per heavy atom. The maximum atomic E-state index is 14.1. The van der Waals surface area contributed by atoms with Gasteiger partial charge in [-0.3, -0.25) is 4.79 Å². The number of likely N-dealkylation sites (N-methyl/N-ethyl adjacent to an activating group) is 1. The van der Waals surface area contributed by atoms with E-state index in [9.17, 15) is 27.2 Å². The van der Waals surface area contributed by atoms with Crippen molar-refractivity contribution in [2.45, 2.75) is 24.7 Å². The van der Waals surface area contributed by atoms with E-state index in [0.717, 1.165) is 23.9 Å². The lowest BCUT2D eigenvalue weighted by Gasteiger charge is -2.40. The number of ether oxygens (including phenoxy) is 1. The molecule has 0 aliphatic heterocycles. The highest BCUT2D eigenvalue weighted by atomic mass is 19.4. The van der Waals surface area contributed by atoms with Gasteiger partial charge in [0, 0.05) is 24.2 Å². The number of hydrogen-bond donors (Lipinski definition) is 0. The second kappa shape index (κ2) is 10.1. The molecule has 33 heavy (non-hydrogen) atoms. The summed E-state index contributed by atoms with van der Waals surface area (Å²) in [6.07, 6.45) is 1.40. The van der Waals surface area contributed by atoms with Crippen molar-refractivity contribution in [2.24, 2.45) is 5.92 Å². The number of para-hydroxylation sites is 1. The molecule has 0 amide bonds. The molecule has 0 saturated heterocycles. The number of halogens is 4. The van der Waals surface area contributed by atoms with Crippen molar-refractivity contribution in [3.8, 4) is 0 Å². The highest BCUT2D eigenvalue weighted by Gasteiger charge is 2.36. The fourth-order valence-corrected chi connectivity index (χ4v) is 3.62. The third kappa shape index (κ3) is 5.76. The van der Waals surface area contributed by atoms with Gasteiger partial charge in [-0.2, -0.15) is 13.2 Å². The Morgan fingerprint density at radius 1 is 1.06 bits per heavy atom. The Hall–Kier alpha value is -3.26. The molecule has 0 saturated carbocycles. The minimum absolute atomic E-state index is 0.0367. The molecule has 1 unspecified atom stereocenters. The van der Waals surface area contributed by atoms with Crippen LogP contribution in [-0.4, -0.2) is 31.4 Å². The zero-order valence-electron chi connectivity index (χ0n) is 17.9. The largest absolute Gasteiger partial charge is 0.416 e. The Bertz CT molecular complexity index is 1030. The van der Waals surface area contributed by atoms with E-state index in [4.69, 9.17) is 4.74 Å². The second-order valence-corrected chi connectivity index (χ2v) is 7.73. The lowest BCUT2D eigenvalue weighted by Crippen LogP contribution is -2.48. The molecule has 8 heteroatoms. The first-order chi connectivity index (χ1) is 15.7. The molecule has 2 aromatic carbocycles. The first kappa shape index (κ1) is 24.4. The summed E-state index contributed by atoms with van der Waals surface area (Å²) in [7, 11) is 1.75. The monoisotopic (exact) mass is 461 g/mol. The van der Waals surface area contributed by atoms with E-state index in [1.54, 1.807) is 24.1 Å². The fourth-order valence-electron chi connectivity index (χ4n) is 3.62. The smallest absolute Gasteiger partial charge is 0.348 e. The number of rotatable bonds is 9. The molecular weight excluding hydrogens is 438 g/mol. The Kier molecular flexibility index (Phi) is 7.48. The van der Waals surface area contributed by atoms with E-state index in [0.29, 0.717) is 6.29 Å². The maximum absolute atomic E-state index is 14.1. The van der Waals surface area contributed by atoms with Crippen LogP contribution in [0.2, 0.25) is 0 Å². The summed E-state index contributed by atoms with van der Waals surface area (Å²) >= 11 is 0. The molecule has 0 bridgehead atoms. The van der Waals surface area contributed by atoms with Gasteiger partial charge in [0.15, 0.2) is 11.5 Å². The van der Waals surface area contributed by atoms with Crippen LogP contribution in [0.15, 0.2) is 72.8 Å². The number of ketones is 1. The van der Waals surface area contributed by atoms with Crippen molar-refractivity contribution in [3.05, 3.63) is 89.8 Å². The topological polar surface area (TPSA) is 46.6 Å². The highest BCUT2D eigenvalue weighted by Crippen LogP contribution is 2.34. The van der Waals surface area contributed by atoms with Crippen LogP contribution in [-0.2, 0) is 26.9 Å². The number of anilines is 1. The zero-order chi connectivity index (χ0) is 24.1. The van der Waals surface area contributed by atoms with Gasteiger partial charge in [0.05, 0.1) is 12.2 Å². The number of allylic oxidation sites excluding steroid dienone is 2. The summed E-state index contributed by atoms with van der Waals surface area (Å²) in [6.45, 7) is -0.140. The highest BCUT2D eigenvalue weighted by molar-refractivity contribution is 6.00. The Labute approximate surface area is 189 Å². The average molecular weight is 461 g/mol. The fraction of sp³-hybridized carbons (Fsp3) is 0.280. The number of carbonyl (C=O) groups excluding carboxylic acids is 2. The van der Waals surface area contributed by atoms with E-state index in [2.05, 4.69) is 0 Å². The van der Waals surface area contributed by atoms with Gasteiger partial charge in [-0.05, 0) is 61.4 Å². The number of alkyl halides is 3. The lowest BCUT2D eigenvalue weighted by molar-refractivity contribution is -0.138. The number of hydrogen-bond acceptors (Lipinski definition) is 4. The molecule has 0 heterocycles. The van der Waals surface area contributed by atoms with E-state index in [1.807, 2.05) is 30.3 Å². The van der Waals surface area contributed by atoms with Crippen LogP contribution in [0.5, 0.6) is 0 Å². The van der Waals surface area contributed by atoms with E-state index >= 15 is 0 Å². The summed E-state index contributed by atoms with van der Waals surface area (Å²) in [4.78, 5) is 25.1. The van der Waals surface area contributed by atoms with Crippen LogP contribution < -0.4 is 4.90 Å². The standard InChI is InChI=1S/C25H23F4NO3/c1-30(19-6-3-2-4-7-19)24(14-12-20(32)13-15-24)33-17-18(16-31)10-11-21-22(25(27,28)29)8-5-9-23(21)26/h2-9,12-16,18H,10-11,17H2,1H3. The van der Waals surface area contributed by atoms with Gasteiger partial charge < -0.3 is 14.4 Å². The molecule has 0 spiro atoms. The third-order valence-electron chi connectivity index (χ3n) is 5.55. The molecule has 0 aromatic heterocycles. The molecule has 3 rings (SSSR count). The average Bonchev–Trinajstić information content (AvgIpc) is 2.80. The minimum Gasteiger partial charge on any atom is -0.348 e. The van der Waals surface area contributed by atoms with Gasteiger partial charge in [-0.1, -0.05) is 24.3 Å². The number of benzene rings is 2. The lowest BCUT2D eigenvalue weighted by atomic mass is 9.96. The van der Waals surface area contributed by atoms with Gasteiger partial charge >= 0.3 is 6.18 Å². The van der Waals surface area contributed by atoms with Crippen LogP contribution in [0.3, 0.4) is 0 Å². The van der Waals surface area contributed by atoms with E-state index < -0.39 is 34.8 Å². The number of nitrogens with zero attached hydrogens (tertiary/aromatic N) is 1. The van der Waals surface area contributed by atoms with Crippen LogP contribution in [0, 0.1) is 11.7 Å². The van der Waals surface area contributed by atoms with Crippen LogP contribution in [0.4, 0.5) is 23.2 Å². The van der Waals surface area contributed by atoms with Crippen molar-refractivity contribution < 1.29 is 31.9 Å². The quantitative estimate of drug-likeness (QED) is 0.295. The van der Waals surface area contributed by atoms with Crippen LogP contribution >= 0.6 is 0 Å². The molecule has 2 aromatic rings. The first-order valence-corrected chi connectivity index (χ1v) is 10.3.